The second kappa shape index (κ2) is 2.85. The molecule has 2 rings (SSSR count). The fourth-order valence-electron chi connectivity index (χ4n) is 1.14. The number of hydrogen-bond donors (Lipinski definition) is 2. The first-order valence-corrected chi connectivity index (χ1v) is 4.17. The van der Waals surface area contributed by atoms with E-state index in [0.717, 1.165) is 12.8 Å². The molecule has 1 amide bonds. The Kier molecular flexibility index (Phi) is 1.81. The third kappa shape index (κ3) is 1.55. The van der Waals surface area contributed by atoms with Crippen molar-refractivity contribution >= 4 is 6.03 Å². The number of aliphatic hydroxyl groups excluding tert-OH is 1. The highest BCUT2D eigenvalue weighted by atomic mass is 16.3. The number of carbonyl (C=O) groups is 1. The highest BCUT2D eigenvalue weighted by Gasteiger charge is 2.43. The van der Waals surface area contributed by atoms with E-state index in [1.165, 1.54) is 17.1 Å². The van der Waals surface area contributed by atoms with E-state index in [1.807, 2.05) is 0 Å². The molecule has 0 aromatic carbocycles. The van der Waals surface area contributed by atoms with Gasteiger partial charge in [-0.3, -0.25) is 4.57 Å². The van der Waals surface area contributed by atoms with Gasteiger partial charge >= 0.3 is 6.03 Å². The summed E-state index contributed by atoms with van der Waals surface area (Å²) in [5, 5.41) is 11.7. The van der Waals surface area contributed by atoms with Gasteiger partial charge in [-0.05, 0) is 12.8 Å². The molecule has 1 heterocycles. The van der Waals surface area contributed by atoms with Crippen LogP contribution < -0.4 is 5.32 Å². The lowest BCUT2D eigenvalue weighted by molar-refractivity contribution is 0.210. The van der Waals surface area contributed by atoms with Gasteiger partial charge in [0.2, 0.25) is 0 Å². The van der Waals surface area contributed by atoms with E-state index >= 15 is 0 Å². The van der Waals surface area contributed by atoms with Gasteiger partial charge in [-0.2, -0.15) is 0 Å². The molecule has 1 aliphatic rings. The quantitative estimate of drug-likeness (QED) is 0.673. The van der Waals surface area contributed by atoms with E-state index in [4.69, 9.17) is 5.11 Å². The summed E-state index contributed by atoms with van der Waals surface area (Å²) in [4.78, 5) is 15.2. The third-order valence-electron chi connectivity index (χ3n) is 2.27. The highest BCUT2D eigenvalue weighted by molar-refractivity contribution is 5.77. The van der Waals surface area contributed by atoms with E-state index in [9.17, 15) is 4.79 Å². The van der Waals surface area contributed by atoms with Crippen LogP contribution in [0.3, 0.4) is 0 Å². The Labute approximate surface area is 75.4 Å². The Hall–Kier alpha value is -1.36. The van der Waals surface area contributed by atoms with Gasteiger partial charge in [0.15, 0.2) is 0 Å². The summed E-state index contributed by atoms with van der Waals surface area (Å²) in [7, 11) is 0. The number of hydrogen-bond acceptors (Lipinski definition) is 3. The molecule has 1 aliphatic carbocycles. The van der Waals surface area contributed by atoms with Crippen LogP contribution in [0, 0.1) is 0 Å². The second-order valence-electron chi connectivity index (χ2n) is 3.34. The van der Waals surface area contributed by atoms with Crippen LogP contribution in [0.5, 0.6) is 0 Å². The first-order valence-electron chi connectivity index (χ1n) is 4.17. The predicted molar refractivity (Wildman–Crippen MR) is 45.2 cm³/mol. The Morgan fingerprint density at radius 1 is 1.69 bits per heavy atom. The van der Waals surface area contributed by atoms with Gasteiger partial charge in [0.05, 0.1) is 12.1 Å². The summed E-state index contributed by atoms with van der Waals surface area (Å²) in [6, 6.07) is -0.232. The summed E-state index contributed by atoms with van der Waals surface area (Å²) in [5.41, 5.74) is -0.360. The smallest absolute Gasteiger partial charge is 0.327 e. The van der Waals surface area contributed by atoms with Crippen molar-refractivity contribution in [2.45, 2.75) is 18.4 Å². The molecule has 70 valence electrons. The monoisotopic (exact) mass is 181 g/mol. The van der Waals surface area contributed by atoms with Crippen molar-refractivity contribution in [3.8, 4) is 0 Å². The predicted octanol–water partition coefficient (Wildman–Crippen LogP) is -0.0343. The first kappa shape index (κ1) is 8.25. The third-order valence-corrected chi connectivity index (χ3v) is 2.27. The van der Waals surface area contributed by atoms with E-state index in [2.05, 4.69) is 10.3 Å². The van der Waals surface area contributed by atoms with Gasteiger partial charge < -0.3 is 10.4 Å². The lowest BCUT2D eigenvalue weighted by Crippen LogP contribution is -2.41. The number of imidazole rings is 1. The minimum absolute atomic E-state index is 0.00738. The topological polar surface area (TPSA) is 67.2 Å². The molecular weight excluding hydrogens is 170 g/mol. The van der Waals surface area contributed by atoms with Crippen molar-refractivity contribution in [1.82, 2.24) is 14.9 Å². The highest BCUT2D eigenvalue weighted by Crippen LogP contribution is 2.34. The van der Waals surface area contributed by atoms with E-state index in [0.29, 0.717) is 0 Å². The van der Waals surface area contributed by atoms with Gasteiger partial charge in [-0.15, -0.1) is 0 Å². The molecule has 1 aromatic heterocycles. The summed E-state index contributed by atoms with van der Waals surface area (Å²) in [5.74, 6) is 0. The van der Waals surface area contributed by atoms with Crippen LogP contribution in [0.1, 0.15) is 12.8 Å². The lowest BCUT2D eigenvalue weighted by Gasteiger charge is -2.13. The number of nitrogens with one attached hydrogen (secondary N) is 1. The lowest BCUT2D eigenvalue weighted by atomic mass is 10.3. The number of rotatable bonds is 2. The molecule has 0 saturated heterocycles. The van der Waals surface area contributed by atoms with Crippen LogP contribution in [0.4, 0.5) is 4.79 Å². The van der Waals surface area contributed by atoms with E-state index in [1.54, 1.807) is 6.20 Å². The number of aliphatic hydroxyl groups is 1. The van der Waals surface area contributed by atoms with E-state index < -0.39 is 0 Å². The molecule has 13 heavy (non-hydrogen) atoms. The molecule has 5 heteroatoms. The van der Waals surface area contributed by atoms with Gasteiger partial charge in [0, 0.05) is 12.4 Å². The van der Waals surface area contributed by atoms with Crippen LogP contribution >= 0.6 is 0 Å². The van der Waals surface area contributed by atoms with Gasteiger partial charge in [0.1, 0.15) is 6.33 Å². The number of nitrogens with zero attached hydrogens (tertiary/aromatic N) is 2. The zero-order valence-corrected chi connectivity index (χ0v) is 7.10. The number of amides is 1. The molecule has 1 fully saturated rings. The molecule has 5 nitrogen and oxygen atoms in total. The molecule has 0 bridgehead atoms. The van der Waals surface area contributed by atoms with Gasteiger partial charge in [0.25, 0.3) is 0 Å². The second-order valence-corrected chi connectivity index (χ2v) is 3.34. The summed E-state index contributed by atoms with van der Waals surface area (Å²) in [6.07, 6.45) is 6.25. The van der Waals surface area contributed by atoms with Crippen molar-refractivity contribution < 1.29 is 9.90 Å². The van der Waals surface area contributed by atoms with Crippen molar-refractivity contribution in [3.63, 3.8) is 0 Å². The minimum atomic E-state index is -0.360. The average Bonchev–Trinajstić information content (AvgIpc) is 2.69. The van der Waals surface area contributed by atoms with Crippen molar-refractivity contribution in [1.29, 1.82) is 0 Å². The molecular formula is C8H11N3O2. The van der Waals surface area contributed by atoms with Gasteiger partial charge in [-0.25, -0.2) is 9.78 Å². The summed E-state index contributed by atoms with van der Waals surface area (Å²) >= 11 is 0. The molecule has 0 radical (unpaired) electrons. The van der Waals surface area contributed by atoms with Crippen LogP contribution in [-0.4, -0.2) is 32.8 Å². The fraction of sp³-hybridized carbons (Fsp3) is 0.500. The standard InChI is InChI=1S/C8H11N3O2/c12-5-8(1-2-8)10-7(13)11-4-3-9-6-11/h3-4,6,12H,1-2,5H2,(H,10,13). The van der Waals surface area contributed by atoms with Crippen molar-refractivity contribution in [2.24, 2.45) is 0 Å². The Balaban J connectivity index is 2.00. The molecule has 0 atom stereocenters. The van der Waals surface area contributed by atoms with Gasteiger partial charge in [-0.1, -0.05) is 0 Å². The SMILES string of the molecule is O=C(NC1(CO)CC1)n1ccnc1. The molecule has 0 spiro atoms. The molecule has 2 N–H and O–H groups in total. The molecule has 0 aliphatic heterocycles. The minimum Gasteiger partial charge on any atom is -0.394 e. The fourth-order valence-corrected chi connectivity index (χ4v) is 1.14. The van der Waals surface area contributed by atoms with Crippen molar-refractivity contribution in [3.05, 3.63) is 18.7 Å². The molecule has 0 unspecified atom stereocenters. The average molecular weight is 181 g/mol. The number of carbonyl (C=O) groups excluding carboxylic acids is 1. The Bertz CT molecular complexity index is 303. The number of aromatic nitrogens is 2. The summed E-state index contributed by atoms with van der Waals surface area (Å²) < 4.78 is 1.36. The molecule has 1 saturated carbocycles. The Morgan fingerprint density at radius 3 is 2.92 bits per heavy atom. The van der Waals surface area contributed by atoms with Crippen molar-refractivity contribution in [2.75, 3.05) is 6.61 Å². The largest absolute Gasteiger partial charge is 0.394 e. The maximum atomic E-state index is 11.4. The molecule has 1 aromatic rings. The summed E-state index contributed by atoms with van der Waals surface area (Å²) in [6.45, 7) is 0.00738. The van der Waals surface area contributed by atoms with E-state index in [-0.39, 0.29) is 18.2 Å². The van der Waals surface area contributed by atoms with Crippen LogP contribution in [0.25, 0.3) is 0 Å². The zero-order valence-electron chi connectivity index (χ0n) is 7.10. The maximum absolute atomic E-state index is 11.4. The van der Waals surface area contributed by atoms with Crippen LogP contribution in [-0.2, 0) is 0 Å². The Morgan fingerprint density at radius 2 is 2.46 bits per heavy atom. The zero-order chi connectivity index (χ0) is 9.31. The normalized spacial score (nSPS) is 18.2. The van der Waals surface area contributed by atoms with Crippen LogP contribution in [0.15, 0.2) is 18.7 Å². The first-order chi connectivity index (χ1) is 6.26. The maximum Gasteiger partial charge on any atom is 0.327 e. The van der Waals surface area contributed by atoms with Crippen LogP contribution in [0.2, 0.25) is 0 Å².